The fourth-order valence-electron chi connectivity index (χ4n) is 3.71. The van der Waals surface area contributed by atoms with Gasteiger partial charge in [0.1, 0.15) is 18.1 Å². The van der Waals surface area contributed by atoms with Crippen molar-refractivity contribution in [3.63, 3.8) is 0 Å². The molecule has 2 rings (SSSR count). The lowest BCUT2D eigenvalue weighted by atomic mass is 10.0. The Morgan fingerprint density at radius 2 is 1.79 bits per heavy atom. The first-order valence-electron chi connectivity index (χ1n) is 10.8. The zero-order valence-electron chi connectivity index (χ0n) is 18.5. The molecule has 11 heteroatoms. The quantitative estimate of drug-likeness (QED) is 0.276. The maximum Gasteiger partial charge on any atom is 0.326 e. The molecule has 7 N–H and O–H groups in total. The van der Waals surface area contributed by atoms with Crippen LogP contribution in [0.1, 0.15) is 38.2 Å². The standard InChI is InChI=1S/C22H31N5O6/c1-13(23)21(31)27-11-5-8-17(27)20(30)26-16(12-14-6-3-2-4-7-14)19(29)25-15(22(32)33)9-10-18(24)28/h2-4,6-7,13,15-17H,5,8-12,23H2,1H3,(H2,24,28)(H,25,29)(H,26,30)(H,32,33). The van der Waals surface area contributed by atoms with Crippen LogP contribution in [0.5, 0.6) is 0 Å². The first kappa shape index (κ1) is 25.8. The Bertz CT molecular complexity index is 875. The Morgan fingerprint density at radius 3 is 2.36 bits per heavy atom. The molecular weight excluding hydrogens is 430 g/mol. The number of benzene rings is 1. The largest absolute Gasteiger partial charge is 0.480 e. The number of carboxylic acid groups (broad SMARTS) is 1. The van der Waals surface area contributed by atoms with Crippen LogP contribution < -0.4 is 22.1 Å². The molecule has 1 aliphatic rings. The number of likely N-dealkylation sites (tertiary alicyclic amines) is 1. The summed E-state index contributed by atoms with van der Waals surface area (Å²) in [5.41, 5.74) is 11.5. The van der Waals surface area contributed by atoms with Crippen molar-refractivity contribution in [2.24, 2.45) is 11.5 Å². The maximum absolute atomic E-state index is 13.0. The molecule has 1 saturated heterocycles. The van der Waals surface area contributed by atoms with Crippen LogP contribution in [0.25, 0.3) is 0 Å². The number of hydrogen-bond acceptors (Lipinski definition) is 6. The Labute approximate surface area is 191 Å². The van der Waals surface area contributed by atoms with Crippen LogP contribution in [0.4, 0.5) is 0 Å². The van der Waals surface area contributed by atoms with Crippen molar-refractivity contribution in [1.82, 2.24) is 15.5 Å². The lowest BCUT2D eigenvalue weighted by Gasteiger charge is -2.28. The number of carboxylic acids is 1. The lowest BCUT2D eigenvalue weighted by Crippen LogP contribution is -2.57. The van der Waals surface area contributed by atoms with E-state index in [1.807, 2.05) is 0 Å². The van der Waals surface area contributed by atoms with Gasteiger partial charge in [-0.15, -0.1) is 0 Å². The van der Waals surface area contributed by atoms with E-state index >= 15 is 0 Å². The average Bonchev–Trinajstić information content (AvgIpc) is 3.25. The number of hydrogen-bond donors (Lipinski definition) is 5. The van der Waals surface area contributed by atoms with Gasteiger partial charge < -0.3 is 32.1 Å². The molecule has 4 atom stereocenters. The van der Waals surface area contributed by atoms with Crippen molar-refractivity contribution in [1.29, 1.82) is 0 Å². The van der Waals surface area contributed by atoms with Gasteiger partial charge in [0.2, 0.25) is 23.6 Å². The molecule has 1 aromatic carbocycles. The van der Waals surface area contributed by atoms with Gasteiger partial charge in [0.15, 0.2) is 0 Å². The number of primary amides is 1. The lowest BCUT2D eigenvalue weighted by molar-refractivity contribution is -0.143. The minimum absolute atomic E-state index is 0.106. The van der Waals surface area contributed by atoms with E-state index in [0.717, 1.165) is 5.56 Å². The molecule has 0 spiro atoms. The van der Waals surface area contributed by atoms with E-state index in [1.54, 1.807) is 37.3 Å². The number of aliphatic carboxylic acids is 1. The molecule has 1 aliphatic heterocycles. The van der Waals surface area contributed by atoms with E-state index in [9.17, 15) is 29.1 Å². The van der Waals surface area contributed by atoms with Crippen LogP contribution in [0, 0.1) is 0 Å². The fourth-order valence-corrected chi connectivity index (χ4v) is 3.71. The summed E-state index contributed by atoms with van der Waals surface area (Å²) in [5.74, 6) is -3.59. The first-order valence-corrected chi connectivity index (χ1v) is 10.8. The molecule has 0 radical (unpaired) electrons. The third-order valence-corrected chi connectivity index (χ3v) is 5.44. The highest BCUT2D eigenvalue weighted by molar-refractivity contribution is 5.94. The van der Waals surface area contributed by atoms with Crippen molar-refractivity contribution >= 4 is 29.6 Å². The van der Waals surface area contributed by atoms with E-state index in [4.69, 9.17) is 11.5 Å². The maximum atomic E-state index is 13.0. The van der Waals surface area contributed by atoms with Gasteiger partial charge >= 0.3 is 5.97 Å². The number of carbonyl (C=O) groups is 5. The zero-order chi connectivity index (χ0) is 24.5. The molecular formula is C22H31N5O6. The predicted octanol–water partition coefficient (Wildman–Crippen LogP) is -1.11. The fraction of sp³-hybridized carbons (Fsp3) is 0.500. The second-order valence-electron chi connectivity index (χ2n) is 8.13. The second kappa shape index (κ2) is 12.0. The van der Waals surface area contributed by atoms with Crippen LogP contribution in [0.3, 0.4) is 0 Å². The smallest absolute Gasteiger partial charge is 0.326 e. The molecule has 4 unspecified atom stereocenters. The SMILES string of the molecule is CC(N)C(=O)N1CCCC1C(=O)NC(Cc1ccccc1)C(=O)NC(CCC(N)=O)C(=O)O. The van der Waals surface area contributed by atoms with E-state index in [2.05, 4.69) is 10.6 Å². The summed E-state index contributed by atoms with van der Waals surface area (Å²) in [6.07, 6.45) is 0.764. The minimum atomic E-state index is -1.34. The summed E-state index contributed by atoms with van der Waals surface area (Å²) < 4.78 is 0. The Morgan fingerprint density at radius 1 is 1.12 bits per heavy atom. The second-order valence-corrected chi connectivity index (χ2v) is 8.13. The van der Waals surface area contributed by atoms with Gasteiger partial charge in [0, 0.05) is 19.4 Å². The molecule has 0 aliphatic carbocycles. The van der Waals surface area contributed by atoms with Gasteiger partial charge in [0.05, 0.1) is 6.04 Å². The van der Waals surface area contributed by atoms with Gasteiger partial charge in [-0.25, -0.2) is 4.79 Å². The number of nitrogens with zero attached hydrogens (tertiary/aromatic N) is 1. The number of rotatable bonds is 11. The van der Waals surface area contributed by atoms with Crippen LogP contribution in [0.2, 0.25) is 0 Å². The highest BCUT2D eigenvalue weighted by Gasteiger charge is 2.37. The van der Waals surface area contributed by atoms with Crippen molar-refractivity contribution in [2.75, 3.05) is 6.54 Å². The molecule has 1 fully saturated rings. The van der Waals surface area contributed by atoms with E-state index in [1.165, 1.54) is 4.90 Å². The number of amides is 4. The Balaban J connectivity index is 2.18. The van der Waals surface area contributed by atoms with E-state index in [0.29, 0.717) is 19.4 Å². The summed E-state index contributed by atoms with van der Waals surface area (Å²) in [6.45, 7) is 1.93. The van der Waals surface area contributed by atoms with Crippen LogP contribution >= 0.6 is 0 Å². The molecule has 33 heavy (non-hydrogen) atoms. The third-order valence-electron chi connectivity index (χ3n) is 5.44. The Kier molecular flexibility index (Phi) is 9.34. The minimum Gasteiger partial charge on any atom is -0.480 e. The highest BCUT2D eigenvalue weighted by Crippen LogP contribution is 2.19. The van der Waals surface area contributed by atoms with Crippen molar-refractivity contribution < 1.29 is 29.1 Å². The predicted molar refractivity (Wildman–Crippen MR) is 118 cm³/mol. The molecule has 0 bridgehead atoms. The molecule has 11 nitrogen and oxygen atoms in total. The average molecular weight is 462 g/mol. The van der Waals surface area contributed by atoms with Gasteiger partial charge in [-0.3, -0.25) is 19.2 Å². The molecule has 4 amide bonds. The van der Waals surface area contributed by atoms with Gasteiger partial charge in [-0.1, -0.05) is 30.3 Å². The zero-order valence-corrected chi connectivity index (χ0v) is 18.5. The summed E-state index contributed by atoms with van der Waals surface area (Å²) >= 11 is 0. The normalized spacial score (nSPS) is 18.1. The van der Waals surface area contributed by atoms with Crippen LogP contribution in [-0.2, 0) is 30.4 Å². The monoisotopic (exact) mass is 461 g/mol. The Hall–Kier alpha value is -3.47. The summed E-state index contributed by atoms with van der Waals surface area (Å²) in [7, 11) is 0. The van der Waals surface area contributed by atoms with E-state index in [-0.39, 0.29) is 25.2 Å². The third kappa shape index (κ3) is 7.56. The van der Waals surface area contributed by atoms with Crippen LogP contribution in [0.15, 0.2) is 30.3 Å². The van der Waals surface area contributed by atoms with Crippen molar-refractivity contribution in [3.05, 3.63) is 35.9 Å². The van der Waals surface area contributed by atoms with E-state index < -0.39 is 47.9 Å². The van der Waals surface area contributed by atoms with Gasteiger partial charge in [0.25, 0.3) is 0 Å². The number of nitrogens with two attached hydrogens (primary N) is 2. The van der Waals surface area contributed by atoms with Crippen molar-refractivity contribution in [3.8, 4) is 0 Å². The number of nitrogens with one attached hydrogen (secondary N) is 2. The summed E-state index contributed by atoms with van der Waals surface area (Å²) in [5, 5.41) is 14.4. The summed E-state index contributed by atoms with van der Waals surface area (Å²) in [4.78, 5) is 62.3. The molecule has 0 saturated carbocycles. The molecule has 180 valence electrons. The summed E-state index contributed by atoms with van der Waals surface area (Å²) in [6, 6.07) is 4.94. The molecule has 0 aromatic heterocycles. The van der Waals surface area contributed by atoms with Crippen LogP contribution in [-0.4, -0.2) is 70.3 Å². The highest BCUT2D eigenvalue weighted by atomic mass is 16.4. The topological polar surface area (TPSA) is 185 Å². The van der Waals surface area contributed by atoms with Gasteiger partial charge in [-0.2, -0.15) is 0 Å². The van der Waals surface area contributed by atoms with Gasteiger partial charge in [-0.05, 0) is 31.7 Å². The number of carbonyl (C=O) groups excluding carboxylic acids is 4. The first-order chi connectivity index (χ1) is 15.6. The molecule has 1 aromatic rings. The molecule has 1 heterocycles. The van der Waals surface area contributed by atoms with Crippen molar-refractivity contribution in [2.45, 2.75) is 63.2 Å².